The first-order valence-corrected chi connectivity index (χ1v) is 7.13. The Labute approximate surface area is 134 Å². The van der Waals surface area contributed by atoms with Crippen molar-refractivity contribution in [1.82, 2.24) is 10.3 Å². The van der Waals surface area contributed by atoms with Crippen molar-refractivity contribution >= 4 is 45.0 Å². The molecular formula is C14H11BrClN3O2. The summed E-state index contributed by atoms with van der Waals surface area (Å²) in [5, 5.41) is 5.52. The Morgan fingerprint density at radius 3 is 2.48 bits per heavy atom. The van der Waals surface area contributed by atoms with Crippen molar-refractivity contribution < 1.29 is 9.59 Å². The Hall–Kier alpha value is -1.92. The molecule has 7 heteroatoms. The van der Waals surface area contributed by atoms with E-state index >= 15 is 0 Å². The molecule has 0 saturated heterocycles. The molecule has 5 nitrogen and oxygen atoms in total. The van der Waals surface area contributed by atoms with Gasteiger partial charge in [-0.1, -0.05) is 11.6 Å². The molecule has 0 radical (unpaired) electrons. The Morgan fingerprint density at radius 1 is 1.14 bits per heavy atom. The normalized spacial score (nSPS) is 10.0. The molecule has 2 amide bonds. The van der Waals surface area contributed by atoms with E-state index in [0.29, 0.717) is 26.4 Å². The zero-order valence-electron chi connectivity index (χ0n) is 11.0. The molecule has 0 bridgehead atoms. The molecule has 0 aliphatic carbocycles. The molecular weight excluding hydrogens is 358 g/mol. The average Bonchev–Trinajstić information content (AvgIpc) is 2.49. The fourth-order valence-electron chi connectivity index (χ4n) is 1.61. The minimum atomic E-state index is -0.356. The average molecular weight is 369 g/mol. The second-order valence-electron chi connectivity index (χ2n) is 4.10. The Bertz CT molecular complexity index is 689. The molecule has 21 heavy (non-hydrogen) atoms. The third-order valence-electron chi connectivity index (χ3n) is 2.69. The van der Waals surface area contributed by atoms with Crippen molar-refractivity contribution in [3.63, 3.8) is 0 Å². The number of halogens is 2. The molecule has 0 fully saturated rings. The van der Waals surface area contributed by atoms with Crippen LogP contribution in [0.5, 0.6) is 0 Å². The van der Waals surface area contributed by atoms with E-state index in [9.17, 15) is 9.59 Å². The van der Waals surface area contributed by atoms with Gasteiger partial charge in [-0.3, -0.25) is 9.59 Å². The van der Waals surface area contributed by atoms with Crippen LogP contribution in [0.4, 0.5) is 5.69 Å². The lowest BCUT2D eigenvalue weighted by Gasteiger charge is -2.09. The van der Waals surface area contributed by atoms with Crippen LogP contribution >= 0.6 is 27.5 Å². The highest BCUT2D eigenvalue weighted by atomic mass is 79.9. The van der Waals surface area contributed by atoms with Gasteiger partial charge in [-0.25, -0.2) is 4.98 Å². The topological polar surface area (TPSA) is 71.1 Å². The summed E-state index contributed by atoms with van der Waals surface area (Å²) < 4.78 is 0.638. The highest BCUT2D eigenvalue weighted by Gasteiger charge is 2.11. The molecule has 2 rings (SSSR count). The molecule has 0 aliphatic heterocycles. The number of pyridine rings is 1. The summed E-state index contributed by atoms with van der Waals surface area (Å²) in [4.78, 5) is 27.7. The molecule has 2 N–H and O–H groups in total. The molecule has 108 valence electrons. The molecule has 0 atom stereocenters. The van der Waals surface area contributed by atoms with Crippen LogP contribution in [0.1, 0.15) is 20.7 Å². The van der Waals surface area contributed by atoms with Gasteiger partial charge in [0.05, 0.1) is 16.3 Å². The number of carbonyl (C=O) groups excluding carboxylic acids is 2. The van der Waals surface area contributed by atoms with Crippen molar-refractivity contribution in [1.29, 1.82) is 0 Å². The van der Waals surface area contributed by atoms with Crippen LogP contribution in [-0.4, -0.2) is 23.8 Å². The van der Waals surface area contributed by atoms with Crippen LogP contribution in [0.2, 0.25) is 5.02 Å². The van der Waals surface area contributed by atoms with Crippen LogP contribution in [0.25, 0.3) is 0 Å². The zero-order chi connectivity index (χ0) is 15.4. The van der Waals surface area contributed by atoms with Crippen LogP contribution in [0.15, 0.2) is 41.1 Å². The first-order valence-electron chi connectivity index (χ1n) is 5.96. The van der Waals surface area contributed by atoms with Crippen molar-refractivity contribution in [3.05, 3.63) is 57.3 Å². The number of carbonyl (C=O) groups is 2. The molecule has 2 aromatic rings. The predicted molar refractivity (Wildman–Crippen MR) is 84.7 cm³/mol. The van der Waals surface area contributed by atoms with Gasteiger partial charge >= 0.3 is 0 Å². The summed E-state index contributed by atoms with van der Waals surface area (Å²) in [6.07, 6.45) is 1.44. The maximum atomic E-state index is 12.1. The van der Waals surface area contributed by atoms with Crippen molar-refractivity contribution in [3.8, 4) is 0 Å². The summed E-state index contributed by atoms with van der Waals surface area (Å²) >= 11 is 9.23. The van der Waals surface area contributed by atoms with Gasteiger partial charge in [0.15, 0.2) is 0 Å². The van der Waals surface area contributed by atoms with E-state index in [4.69, 9.17) is 11.6 Å². The van der Waals surface area contributed by atoms with Gasteiger partial charge in [0, 0.05) is 18.8 Å². The van der Waals surface area contributed by atoms with Gasteiger partial charge in [0.2, 0.25) is 0 Å². The maximum Gasteiger partial charge on any atom is 0.257 e. The molecule has 1 aromatic heterocycles. The minimum Gasteiger partial charge on any atom is -0.355 e. The number of hydrogen-bond acceptors (Lipinski definition) is 3. The van der Waals surface area contributed by atoms with Gasteiger partial charge in [-0.05, 0) is 46.3 Å². The van der Waals surface area contributed by atoms with Gasteiger partial charge in [-0.15, -0.1) is 0 Å². The van der Waals surface area contributed by atoms with Crippen molar-refractivity contribution in [2.75, 3.05) is 12.4 Å². The predicted octanol–water partition coefficient (Wildman–Crippen LogP) is 3.11. The molecule has 1 heterocycles. The Balaban J connectivity index is 2.24. The van der Waals surface area contributed by atoms with Crippen LogP contribution in [-0.2, 0) is 0 Å². The second kappa shape index (κ2) is 6.69. The number of hydrogen-bond donors (Lipinski definition) is 2. The molecule has 1 aromatic carbocycles. The first-order chi connectivity index (χ1) is 10.0. The Kier molecular flexibility index (Phi) is 4.93. The highest BCUT2D eigenvalue weighted by Crippen LogP contribution is 2.23. The van der Waals surface area contributed by atoms with Crippen molar-refractivity contribution in [2.24, 2.45) is 0 Å². The van der Waals surface area contributed by atoms with Crippen LogP contribution in [0.3, 0.4) is 0 Å². The number of rotatable bonds is 3. The summed E-state index contributed by atoms with van der Waals surface area (Å²) in [7, 11) is 1.53. The second-order valence-corrected chi connectivity index (χ2v) is 5.32. The number of anilines is 1. The quantitative estimate of drug-likeness (QED) is 0.818. The monoisotopic (exact) mass is 367 g/mol. The number of benzene rings is 1. The third-order valence-corrected chi connectivity index (χ3v) is 3.49. The molecule has 0 spiro atoms. The van der Waals surface area contributed by atoms with E-state index in [1.807, 2.05) is 0 Å². The van der Waals surface area contributed by atoms with Crippen LogP contribution in [0, 0.1) is 0 Å². The van der Waals surface area contributed by atoms with Crippen LogP contribution < -0.4 is 10.6 Å². The first kappa shape index (κ1) is 15.5. The number of aromatic nitrogens is 1. The van der Waals surface area contributed by atoms with E-state index in [1.165, 1.54) is 19.3 Å². The third kappa shape index (κ3) is 3.80. The lowest BCUT2D eigenvalue weighted by Crippen LogP contribution is -2.18. The highest BCUT2D eigenvalue weighted by molar-refractivity contribution is 9.10. The lowest BCUT2D eigenvalue weighted by atomic mass is 10.1. The smallest absolute Gasteiger partial charge is 0.257 e. The number of amides is 2. The van der Waals surface area contributed by atoms with E-state index in [0.717, 1.165) is 0 Å². The summed E-state index contributed by atoms with van der Waals surface area (Å²) in [5.41, 5.74) is 1.16. The van der Waals surface area contributed by atoms with Gasteiger partial charge in [0.1, 0.15) is 4.60 Å². The van der Waals surface area contributed by atoms with E-state index in [1.54, 1.807) is 24.3 Å². The summed E-state index contributed by atoms with van der Waals surface area (Å²) in [6, 6.07) is 7.95. The Morgan fingerprint density at radius 2 is 1.86 bits per heavy atom. The molecule has 0 aliphatic rings. The lowest BCUT2D eigenvalue weighted by molar-refractivity contribution is 0.0961. The maximum absolute atomic E-state index is 12.1. The van der Waals surface area contributed by atoms with E-state index in [2.05, 4.69) is 31.5 Å². The van der Waals surface area contributed by atoms with Crippen molar-refractivity contribution in [2.45, 2.75) is 0 Å². The number of nitrogens with one attached hydrogen (secondary N) is 2. The summed E-state index contributed by atoms with van der Waals surface area (Å²) in [6.45, 7) is 0. The molecule has 0 unspecified atom stereocenters. The number of nitrogens with zero attached hydrogens (tertiary/aromatic N) is 1. The van der Waals surface area contributed by atoms with E-state index < -0.39 is 0 Å². The van der Waals surface area contributed by atoms with E-state index in [-0.39, 0.29) is 11.8 Å². The minimum absolute atomic E-state index is 0.257. The fraction of sp³-hybridized carbons (Fsp3) is 0.0714. The standard InChI is InChI=1S/C14H11BrClN3O2/c1-17-13(20)8-2-4-10(16)11(6-8)19-14(21)9-3-5-12(15)18-7-9/h2-7H,1H3,(H,17,20)(H,19,21). The van der Waals surface area contributed by atoms with Gasteiger partial charge in [0.25, 0.3) is 11.8 Å². The SMILES string of the molecule is CNC(=O)c1ccc(Cl)c(NC(=O)c2ccc(Br)nc2)c1. The zero-order valence-corrected chi connectivity index (χ0v) is 13.3. The van der Waals surface area contributed by atoms with Gasteiger partial charge in [-0.2, -0.15) is 0 Å². The largest absolute Gasteiger partial charge is 0.355 e. The molecule has 0 saturated carbocycles. The van der Waals surface area contributed by atoms with Gasteiger partial charge < -0.3 is 10.6 Å². The fourth-order valence-corrected chi connectivity index (χ4v) is 2.01. The summed E-state index contributed by atoms with van der Waals surface area (Å²) in [5.74, 6) is -0.613.